The second-order valence-electron chi connectivity index (χ2n) is 6.67. The van der Waals surface area contributed by atoms with Crippen LogP contribution in [0.5, 0.6) is 0 Å². The Morgan fingerprint density at radius 1 is 1.11 bits per heavy atom. The molecule has 134 valence electrons. The second-order valence-corrected chi connectivity index (χ2v) is 7.45. The summed E-state index contributed by atoms with van der Waals surface area (Å²) >= 11 is 1.29. The number of benzene rings is 2. The molecule has 0 atom stereocenters. The van der Waals surface area contributed by atoms with Gasteiger partial charge in [0, 0.05) is 16.7 Å². The summed E-state index contributed by atoms with van der Waals surface area (Å²) in [5, 5.41) is 14.2. The molecule has 0 saturated carbocycles. The Hall–Kier alpha value is -3.49. The molecule has 5 heteroatoms. The van der Waals surface area contributed by atoms with Crippen LogP contribution in [0.4, 0.5) is 0 Å². The predicted molar refractivity (Wildman–Crippen MR) is 111 cm³/mol. The summed E-state index contributed by atoms with van der Waals surface area (Å²) in [6.07, 6.45) is 3.58. The molecule has 0 saturated heterocycles. The summed E-state index contributed by atoms with van der Waals surface area (Å²) in [6.45, 7) is 3.84. The van der Waals surface area contributed by atoms with Crippen LogP contribution in [-0.4, -0.2) is 9.53 Å². The minimum Gasteiger partial charge on any atom is -0.354 e. The monoisotopic (exact) mass is 381 g/mol. The van der Waals surface area contributed by atoms with E-state index in [4.69, 9.17) is 4.52 Å². The van der Waals surface area contributed by atoms with Crippen molar-refractivity contribution < 1.29 is 4.52 Å². The molecule has 1 aliphatic rings. The third-order valence-electron chi connectivity index (χ3n) is 5.11. The highest BCUT2D eigenvalue weighted by molar-refractivity contribution is 7.10. The van der Waals surface area contributed by atoms with E-state index in [9.17, 15) is 5.26 Å². The van der Waals surface area contributed by atoms with Crippen molar-refractivity contribution >= 4 is 17.6 Å². The highest BCUT2D eigenvalue weighted by Gasteiger charge is 2.28. The van der Waals surface area contributed by atoms with Gasteiger partial charge in [-0.1, -0.05) is 66.3 Å². The molecule has 0 amide bonds. The Morgan fingerprint density at radius 2 is 1.96 bits per heavy atom. The minimum atomic E-state index is 0.544. The molecule has 2 aromatic heterocycles. The van der Waals surface area contributed by atoms with Gasteiger partial charge in [0.15, 0.2) is 5.76 Å². The maximum absolute atomic E-state index is 9.81. The third kappa shape index (κ3) is 2.50. The van der Waals surface area contributed by atoms with Crippen LogP contribution in [0.25, 0.3) is 39.2 Å². The molecule has 2 aromatic carbocycles. The molecule has 5 rings (SSSR count). The van der Waals surface area contributed by atoms with Gasteiger partial charge in [0.2, 0.25) is 0 Å². The average molecular weight is 381 g/mol. The first-order chi connectivity index (χ1) is 13.8. The van der Waals surface area contributed by atoms with E-state index in [1.165, 1.54) is 17.1 Å². The van der Waals surface area contributed by atoms with Crippen molar-refractivity contribution in [2.75, 3.05) is 0 Å². The number of aryl methyl sites for hydroxylation is 1. The molecule has 2 heterocycles. The Balaban J connectivity index is 1.64. The Kier molecular flexibility index (Phi) is 3.92. The molecule has 0 N–H and O–H groups in total. The fourth-order valence-corrected chi connectivity index (χ4v) is 4.57. The van der Waals surface area contributed by atoms with E-state index in [0.29, 0.717) is 17.0 Å². The standard InChI is InChI=1S/C23H15N3OS/c1-2-14-8-10-17-16(12-14)9-11-18-21(17)25-27-22(18)23-19(13-24)20(26-28-23)15-6-4-3-5-7-15/h2-8,10,12H,1,9,11H2. The van der Waals surface area contributed by atoms with Gasteiger partial charge in [0.05, 0.1) is 0 Å². The lowest BCUT2D eigenvalue weighted by Gasteiger charge is -2.15. The molecule has 0 radical (unpaired) electrons. The van der Waals surface area contributed by atoms with Gasteiger partial charge in [0.25, 0.3) is 0 Å². The average Bonchev–Trinajstić information content (AvgIpc) is 3.37. The highest BCUT2D eigenvalue weighted by Crippen LogP contribution is 2.43. The number of fused-ring (bicyclic) bond motifs is 3. The summed E-state index contributed by atoms with van der Waals surface area (Å²) in [5.74, 6) is 0.671. The largest absolute Gasteiger partial charge is 0.354 e. The van der Waals surface area contributed by atoms with Crippen LogP contribution >= 0.6 is 11.5 Å². The van der Waals surface area contributed by atoms with Gasteiger partial charge in [-0.2, -0.15) is 9.64 Å². The zero-order valence-corrected chi connectivity index (χ0v) is 15.8. The van der Waals surface area contributed by atoms with Crippen molar-refractivity contribution in [2.24, 2.45) is 0 Å². The summed E-state index contributed by atoms with van der Waals surface area (Å²) in [4.78, 5) is 0.751. The quantitative estimate of drug-likeness (QED) is 0.453. The van der Waals surface area contributed by atoms with Gasteiger partial charge in [0.1, 0.15) is 27.9 Å². The number of hydrogen-bond acceptors (Lipinski definition) is 5. The van der Waals surface area contributed by atoms with E-state index in [2.05, 4.69) is 34.3 Å². The van der Waals surface area contributed by atoms with Crippen LogP contribution in [0.1, 0.15) is 22.3 Å². The molecule has 1 aliphatic carbocycles. The summed E-state index contributed by atoms with van der Waals surface area (Å²) in [6, 6.07) is 18.3. The number of rotatable bonds is 3. The Labute approximate surface area is 166 Å². The molecule has 0 unspecified atom stereocenters. The highest BCUT2D eigenvalue weighted by atomic mass is 32.1. The molecule has 0 bridgehead atoms. The van der Waals surface area contributed by atoms with Crippen LogP contribution in [0.15, 0.2) is 59.6 Å². The minimum absolute atomic E-state index is 0.544. The first-order valence-corrected chi connectivity index (χ1v) is 9.77. The van der Waals surface area contributed by atoms with E-state index < -0.39 is 0 Å². The summed E-state index contributed by atoms with van der Waals surface area (Å²) < 4.78 is 10.3. The van der Waals surface area contributed by atoms with Crippen LogP contribution in [0.2, 0.25) is 0 Å². The first kappa shape index (κ1) is 16.7. The molecule has 0 spiro atoms. The smallest absolute Gasteiger partial charge is 0.183 e. The zero-order chi connectivity index (χ0) is 19.1. The fourth-order valence-electron chi connectivity index (χ4n) is 3.71. The molecule has 0 aliphatic heterocycles. The Morgan fingerprint density at radius 3 is 2.75 bits per heavy atom. The van der Waals surface area contributed by atoms with E-state index >= 15 is 0 Å². The SMILES string of the molecule is C=Cc1ccc2c(c1)CCc1c-2noc1-c1snc(-c2ccccc2)c1C#N. The zero-order valence-electron chi connectivity index (χ0n) is 15.0. The fraction of sp³-hybridized carbons (Fsp3) is 0.0870. The van der Waals surface area contributed by atoms with Crippen LogP contribution in [0.3, 0.4) is 0 Å². The van der Waals surface area contributed by atoms with Crippen molar-refractivity contribution in [2.45, 2.75) is 12.8 Å². The van der Waals surface area contributed by atoms with Crippen LogP contribution in [-0.2, 0) is 12.8 Å². The van der Waals surface area contributed by atoms with Gasteiger partial charge < -0.3 is 4.52 Å². The second kappa shape index (κ2) is 6.59. The van der Waals surface area contributed by atoms with Gasteiger partial charge >= 0.3 is 0 Å². The topological polar surface area (TPSA) is 62.7 Å². The summed E-state index contributed by atoms with van der Waals surface area (Å²) in [7, 11) is 0. The van der Waals surface area contributed by atoms with Gasteiger partial charge in [-0.15, -0.1) is 0 Å². The van der Waals surface area contributed by atoms with E-state index in [0.717, 1.165) is 45.7 Å². The summed E-state index contributed by atoms with van der Waals surface area (Å²) in [5.41, 5.74) is 7.53. The van der Waals surface area contributed by atoms with Crippen molar-refractivity contribution in [3.63, 3.8) is 0 Å². The predicted octanol–water partition coefficient (Wildman–Crippen LogP) is 5.75. The van der Waals surface area contributed by atoms with Crippen molar-refractivity contribution in [3.05, 3.63) is 77.4 Å². The number of aromatic nitrogens is 2. The normalized spacial score (nSPS) is 12.1. The molecule has 0 fully saturated rings. The number of nitriles is 1. The van der Waals surface area contributed by atoms with Gasteiger partial charge in [-0.25, -0.2) is 0 Å². The van der Waals surface area contributed by atoms with Crippen molar-refractivity contribution in [3.8, 4) is 39.2 Å². The molecular formula is C23H15N3OS. The number of nitrogens with zero attached hydrogens (tertiary/aromatic N) is 3. The molecule has 4 aromatic rings. The Bertz CT molecular complexity index is 1240. The van der Waals surface area contributed by atoms with Gasteiger partial charge in [-0.3, -0.25) is 0 Å². The molecular weight excluding hydrogens is 366 g/mol. The first-order valence-electron chi connectivity index (χ1n) is 9.00. The van der Waals surface area contributed by atoms with Crippen molar-refractivity contribution in [1.29, 1.82) is 5.26 Å². The lowest BCUT2D eigenvalue weighted by molar-refractivity contribution is 0.435. The number of hydrogen-bond donors (Lipinski definition) is 0. The maximum atomic E-state index is 9.81. The van der Waals surface area contributed by atoms with Crippen molar-refractivity contribution in [1.82, 2.24) is 9.53 Å². The maximum Gasteiger partial charge on any atom is 0.183 e. The van der Waals surface area contributed by atoms with Gasteiger partial charge in [-0.05, 0) is 35.5 Å². The lowest BCUT2D eigenvalue weighted by atomic mass is 9.87. The van der Waals surface area contributed by atoms with Crippen LogP contribution in [0, 0.1) is 11.3 Å². The van der Waals surface area contributed by atoms with E-state index in [1.54, 1.807) is 0 Å². The van der Waals surface area contributed by atoms with E-state index in [-0.39, 0.29) is 0 Å². The lowest BCUT2D eigenvalue weighted by Crippen LogP contribution is -2.03. The van der Waals surface area contributed by atoms with E-state index in [1.807, 2.05) is 42.5 Å². The molecule has 4 nitrogen and oxygen atoms in total. The third-order valence-corrected chi connectivity index (χ3v) is 5.96. The molecule has 28 heavy (non-hydrogen) atoms. The van der Waals surface area contributed by atoms with Crippen LogP contribution < -0.4 is 0 Å².